The van der Waals surface area contributed by atoms with Gasteiger partial charge >= 0.3 is 0 Å². The Morgan fingerprint density at radius 1 is 1.09 bits per heavy atom. The minimum absolute atomic E-state index is 0.0175. The number of rotatable bonds is 3. The van der Waals surface area contributed by atoms with E-state index in [1.807, 2.05) is 0 Å². The summed E-state index contributed by atoms with van der Waals surface area (Å²) in [5, 5.41) is 1.81. The molecule has 0 saturated heterocycles. The number of carbonyl (C=O) groups excluding carboxylic acids is 1. The summed E-state index contributed by atoms with van der Waals surface area (Å²) in [6.07, 6.45) is 6.67. The van der Waals surface area contributed by atoms with Gasteiger partial charge in [-0.15, -0.1) is 0 Å². The molecule has 4 nitrogen and oxygen atoms in total. The number of hydrogen-bond acceptors (Lipinski definition) is 3. The van der Waals surface area contributed by atoms with Crippen molar-refractivity contribution in [2.75, 3.05) is 10.7 Å². The van der Waals surface area contributed by atoms with Crippen molar-refractivity contribution in [3.8, 4) is 0 Å². The molecule has 23 heavy (non-hydrogen) atoms. The first-order valence-electron chi connectivity index (χ1n) is 7.96. The fraction of sp³-hybridized carbons (Fsp3) is 0.471. The molecule has 0 N–H and O–H groups in total. The van der Waals surface area contributed by atoms with Crippen LogP contribution in [0.15, 0.2) is 35.7 Å². The highest BCUT2D eigenvalue weighted by Crippen LogP contribution is 2.31. The first-order valence-corrected chi connectivity index (χ1v) is 10.1. The van der Waals surface area contributed by atoms with E-state index in [0.29, 0.717) is 10.7 Å². The van der Waals surface area contributed by atoms with E-state index in [0.717, 1.165) is 25.7 Å². The number of amides is 1. The number of benzene rings is 1. The molecule has 0 radical (unpaired) electrons. The summed E-state index contributed by atoms with van der Waals surface area (Å²) in [5.74, 6) is -0.0384. The monoisotopic (exact) mass is 353 g/mol. The van der Waals surface area contributed by atoms with Gasteiger partial charge < -0.3 is 4.90 Å². The molecule has 1 aromatic rings. The topological polar surface area (TPSA) is 54.5 Å². The number of carbonyl (C=O) groups is 1. The second-order valence-electron chi connectivity index (χ2n) is 6.24. The van der Waals surface area contributed by atoms with Gasteiger partial charge in [0.2, 0.25) is 5.91 Å². The molecule has 3 rings (SSSR count). The summed E-state index contributed by atoms with van der Waals surface area (Å²) in [5.41, 5.74) is 0.705. The van der Waals surface area contributed by atoms with E-state index in [2.05, 4.69) is 0 Å². The molecule has 1 unspecified atom stereocenters. The van der Waals surface area contributed by atoms with E-state index < -0.39 is 15.9 Å². The van der Waals surface area contributed by atoms with Gasteiger partial charge in [-0.1, -0.05) is 30.9 Å². The van der Waals surface area contributed by atoms with Crippen molar-refractivity contribution in [1.29, 1.82) is 0 Å². The number of nitrogens with zero attached hydrogens (tertiary/aromatic N) is 1. The first kappa shape index (κ1) is 16.5. The third-order valence-electron chi connectivity index (χ3n) is 4.54. The van der Waals surface area contributed by atoms with Crippen LogP contribution >= 0.6 is 11.6 Å². The molecule has 1 amide bonds. The summed E-state index contributed by atoms with van der Waals surface area (Å²) in [4.78, 5) is 14.7. The van der Waals surface area contributed by atoms with Crippen LogP contribution in [0.5, 0.6) is 0 Å². The van der Waals surface area contributed by atoms with Gasteiger partial charge in [0.05, 0.1) is 11.8 Å². The maximum atomic E-state index is 13.0. The Labute approximate surface area is 142 Å². The normalized spacial score (nSPS) is 23.8. The van der Waals surface area contributed by atoms with Gasteiger partial charge in [-0.2, -0.15) is 0 Å². The van der Waals surface area contributed by atoms with Gasteiger partial charge in [-0.05, 0) is 43.2 Å². The van der Waals surface area contributed by atoms with Crippen molar-refractivity contribution < 1.29 is 13.2 Å². The van der Waals surface area contributed by atoms with Crippen molar-refractivity contribution in [3.63, 3.8) is 0 Å². The fourth-order valence-electron chi connectivity index (χ4n) is 3.35. The molecule has 1 saturated carbocycles. The zero-order valence-electron chi connectivity index (χ0n) is 12.8. The van der Waals surface area contributed by atoms with Crippen molar-refractivity contribution in [3.05, 3.63) is 40.8 Å². The number of hydrogen-bond donors (Lipinski definition) is 0. The average molecular weight is 354 g/mol. The third-order valence-corrected chi connectivity index (χ3v) is 6.17. The second-order valence-corrected chi connectivity index (χ2v) is 8.61. The van der Waals surface area contributed by atoms with Crippen LogP contribution in [0.1, 0.15) is 32.1 Å². The van der Waals surface area contributed by atoms with Crippen LogP contribution in [0.3, 0.4) is 0 Å². The van der Waals surface area contributed by atoms with Crippen LogP contribution in [0.25, 0.3) is 0 Å². The second kappa shape index (κ2) is 6.65. The predicted molar refractivity (Wildman–Crippen MR) is 92.2 cm³/mol. The molecular weight excluding hydrogens is 334 g/mol. The Bertz CT molecular complexity index is 706. The molecule has 0 spiro atoms. The summed E-state index contributed by atoms with van der Waals surface area (Å²) >= 11 is 5.94. The zero-order chi connectivity index (χ0) is 16.4. The van der Waals surface area contributed by atoms with Crippen molar-refractivity contribution in [1.82, 2.24) is 0 Å². The van der Waals surface area contributed by atoms with E-state index in [1.165, 1.54) is 11.8 Å². The number of anilines is 1. The number of halogens is 1. The maximum absolute atomic E-state index is 13.0. The van der Waals surface area contributed by atoms with E-state index in [4.69, 9.17) is 11.6 Å². The average Bonchev–Trinajstić information content (AvgIpc) is 2.90. The molecule has 1 atom stereocenters. The van der Waals surface area contributed by atoms with Crippen LogP contribution in [0, 0.1) is 5.92 Å². The maximum Gasteiger partial charge on any atom is 0.230 e. The van der Waals surface area contributed by atoms with Crippen LogP contribution < -0.4 is 4.90 Å². The lowest BCUT2D eigenvalue weighted by Gasteiger charge is -2.32. The third kappa shape index (κ3) is 3.78. The quantitative estimate of drug-likeness (QED) is 0.834. The van der Waals surface area contributed by atoms with Gasteiger partial charge in [-0.25, -0.2) is 8.42 Å². The fourth-order valence-corrected chi connectivity index (χ4v) is 4.74. The Balaban J connectivity index is 1.91. The molecule has 6 heteroatoms. The van der Waals surface area contributed by atoms with Crippen LogP contribution in [-0.4, -0.2) is 26.1 Å². The molecule has 1 aromatic carbocycles. The Morgan fingerprint density at radius 2 is 1.74 bits per heavy atom. The molecule has 124 valence electrons. The van der Waals surface area contributed by atoms with Crippen molar-refractivity contribution in [2.45, 2.75) is 38.1 Å². The molecule has 0 bridgehead atoms. The van der Waals surface area contributed by atoms with Crippen LogP contribution in [0.4, 0.5) is 5.69 Å². The standard InChI is InChI=1S/C17H20ClNO3S/c18-14-6-8-15(9-7-14)19(16-10-11-23(21,22)12-16)17(20)13-4-2-1-3-5-13/h6-11,13,16H,1-5,12H2. The van der Waals surface area contributed by atoms with Crippen LogP contribution in [-0.2, 0) is 14.6 Å². The Hall–Kier alpha value is -1.33. The lowest BCUT2D eigenvalue weighted by Crippen LogP contribution is -2.44. The Morgan fingerprint density at radius 3 is 2.30 bits per heavy atom. The van der Waals surface area contributed by atoms with Gasteiger partial charge in [0.25, 0.3) is 0 Å². The smallest absolute Gasteiger partial charge is 0.230 e. The molecule has 0 aromatic heterocycles. The van der Waals surface area contributed by atoms with E-state index in [-0.39, 0.29) is 17.6 Å². The predicted octanol–water partition coefficient (Wildman–Crippen LogP) is 3.56. The molecule has 2 aliphatic rings. The minimum Gasteiger partial charge on any atom is -0.304 e. The molecule has 1 fully saturated rings. The first-order chi connectivity index (χ1) is 11.0. The van der Waals surface area contributed by atoms with E-state index in [1.54, 1.807) is 35.2 Å². The van der Waals surface area contributed by atoms with Crippen LogP contribution in [0.2, 0.25) is 5.02 Å². The van der Waals surface area contributed by atoms with Gasteiger partial charge in [0, 0.05) is 22.0 Å². The number of sulfone groups is 1. The minimum atomic E-state index is -3.22. The van der Waals surface area contributed by atoms with Crippen molar-refractivity contribution in [2.24, 2.45) is 5.92 Å². The molecular formula is C17H20ClNO3S. The Kier molecular flexibility index (Phi) is 4.78. The van der Waals surface area contributed by atoms with E-state index in [9.17, 15) is 13.2 Å². The van der Waals surface area contributed by atoms with E-state index >= 15 is 0 Å². The van der Waals surface area contributed by atoms with Gasteiger partial charge in [-0.3, -0.25) is 4.79 Å². The lowest BCUT2D eigenvalue weighted by atomic mass is 9.88. The highest BCUT2D eigenvalue weighted by atomic mass is 35.5. The summed E-state index contributed by atoms with van der Waals surface area (Å²) in [7, 11) is -3.22. The molecule has 1 aliphatic carbocycles. The van der Waals surface area contributed by atoms with Crippen molar-refractivity contribution >= 4 is 33.0 Å². The van der Waals surface area contributed by atoms with Gasteiger partial charge in [0.1, 0.15) is 0 Å². The molecule has 1 aliphatic heterocycles. The highest BCUT2D eigenvalue weighted by Gasteiger charge is 2.35. The highest BCUT2D eigenvalue weighted by molar-refractivity contribution is 7.94. The summed E-state index contributed by atoms with van der Waals surface area (Å²) in [6, 6.07) is 6.58. The largest absolute Gasteiger partial charge is 0.304 e. The lowest BCUT2D eigenvalue weighted by molar-refractivity contribution is -0.123. The molecule has 1 heterocycles. The zero-order valence-corrected chi connectivity index (χ0v) is 14.4. The van der Waals surface area contributed by atoms with Gasteiger partial charge in [0.15, 0.2) is 9.84 Å². The summed E-state index contributed by atoms with van der Waals surface area (Å²) < 4.78 is 23.6. The SMILES string of the molecule is O=C(C1CCCCC1)N(c1ccc(Cl)cc1)C1C=CS(=O)(=O)C1. The summed E-state index contributed by atoms with van der Waals surface area (Å²) in [6.45, 7) is 0.